The third-order valence-corrected chi connectivity index (χ3v) is 5.32. The van der Waals surface area contributed by atoms with Crippen molar-refractivity contribution in [1.29, 1.82) is 0 Å². The molecule has 1 fully saturated rings. The van der Waals surface area contributed by atoms with E-state index in [2.05, 4.69) is 17.0 Å². The van der Waals surface area contributed by atoms with E-state index in [4.69, 9.17) is 14.2 Å². The zero-order chi connectivity index (χ0) is 19.3. The molecule has 0 aliphatic carbocycles. The number of rotatable bonds is 5. The van der Waals surface area contributed by atoms with Gasteiger partial charge >= 0.3 is 0 Å². The Labute approximate surface area is 165 Å². The van der Waals surface area contributed by atoms with Gasteiger partial charge in [0.05, 0.1) is 26.9 Å². The zero-order valence-corrected chi connectivity index (χ0v) is 16.2. The van der Waals surface area contributed by atoms with Gasteiger partial charge in [0.2, 0.25) is 0 Å². The third-order valence-electron chi connectivity index (χ3n) is 5.32. The van der Waals surface area contributed by atoms with Crippen molar-refractivity contribution >= 4 is 11.6 Å². The molecule has 4 rings (SSSR count). The fourth-order valence-electron chi connectivity index (χ4n) is 3.79. The maximum Gasteiger partial charge on any atom is 0.253 e. The van der Waals surface area contributed by atoms with Crippen molar-refractivity contribution in [3.8, 4) is 16.9 Å². The normalized spacial score (nSPS) is 17.9. The van der Waals surface area contributed by atoms with Crippen LogP contribution in [0.1, 0.15) is 5.56 Å². The van der Waals surface area contributed by atoms with Crippen molar-refractivity contribution in [3.05, 3.63) is 48.0 Å². The second-order valence-electron chi connectivity index (χ2n) is 7.04. The average molecular weight is 382 g/mol. The molecule has 1 saturated heterocycles. The number of benzene rings is 2. The van der Waals surface area contributed by atoms with Crippen LogP contribution in [0.5, 0.6) is 5.75 Å². The Morgan fingerprint density at radius 1 is 1.00 bits per heavy atom. The van der Waals surface area contributed by atoms with Crippen LogP contribution in [0.3, 0.4) is 0 Å². The lowest BCUT2D eigenvalue weighted by Crippen LogP contribution is -2.43. The largest absolute Gasteiger partial charge is 0.496 e. The van der Waals surface area contributed by atoms with Crippen LogP contribution in [0.15, 0.2) is 42.5 Å². The van der Waals surface area contributed by atoms with Gasteiger partial charge in [-0.25, -0.2) is 0 Å². The highest BCUT2D eigenvalue weighted by Gasteiger charge is 2.24. The van der Waals surface area contributed by atoms with Gasteiger partial charge < -0.3 is 19.1 Å². The summed E-state index contributed by atoms with van der Waals surface area (Å²) in [6.45, 7) is 5.38. The number of ether oxygens (including phenoxy) is 3. The summed E-state index contributed by atoms with van der Waals surface area (Å²) in [5, 5.41) is 0. The van der Waals surface area contributed by atoms with Gasteiger partial charge in [-0.3, -0.25) is 9.69 Å². The number of carbonyl (C=O) groups excluding carboxylic acids is 1. The van der Waals surface area contributed by atoms with Crippen molar-refractivity contribution in [2.75, 3.05) is 58.0 Å². The van der Waals surface area contributed by atoms with E-state index >= 15 is 0 Å². The number of hydrogen-bond donors (Lipinski definition) is 0. The van der Waals surface area contributed by atoms with Gasteiger partial charge in [-0.2, -0.15) is 0 Å². The van der Waals surface area contributed by atoms with E-state index in [1.807, 2.05) is 35.2 Å². The Hall–Kier alpha value is -2.41. The SMILES string of the molecule is COc1ccccc1-c1ccc2c(c1)COCC(=O)N2CCN1CCOCC1. The first kappa shape index (κ1) is 18.9. The summed E-state index contributed by atoms with van der Waals surface area (Å²) < 4.78 is 16.6. The van der Waals surface area contributed by atoms with Gasteiger partial charge in [-0.1, -0.05) is 24.3 Å². The van der Waals surface area contributed by atoms with Crippen LogP contribution in [-0.2, 0) is 20.9 Å². The number of anilines is 1. The van der Waals surface area contributed by atoms with E-state index < -0.39 is 0 Å². The van der Waals surface area contributed by atoms with Crippen LogP contribution in [0.4, 0.5) is 5.69 Å². The van der Waals surface area contributed by atoms with Crippen molar-refractivity contribution in [3.63, 3.8) is 0 Å². The van der Waals surface area contributed by atoms with Gasteiger partial charge in [0.1, 0.15) is 12.4 Å². The maximum absolute atomic E-state index is 12.6. The molecule has 0 atom stereocenters. The standard InChI is InChI=1S/C22H26N2O4/c1-26-21-5-3-2-4-19(21)17-6-7-20-18(14-17)15-28-16-22(25)24(20)9-8-23-10-12-27-13-11-23/h2-7,14H,8-13,15-16H2,1H3. The van der Waals surface area contributed by atoms with E-state index in [1.165, 1.54) is 0 Å². The first-order valence-electron chi connectivity index (χ1n) is 9.71. The zero-order valence-electron chi connectivity index (χ0n) is 16.2. The molecule has 28 heavy (non-hydrogen) atoms. The molecule has 6 heteroatoms. The summed E-state index contributed by atoms with van der Waals surface area (Å²) in [6, 6.07) is 14.1. The predicted molar refractivity (Wildman–Crippen MR) is 108 cm³/mol. The molecule has 0 bridgehead atoms. The van der Waals surface area contributed by atoms with Crippen molar-refractivity contribution < 1.29 is 19.0 Å². The molecular weight excluding hydrogens is 356 g/mol. The minimum atomic E-state index is 0.0112. The van der Waals surface area contributed by atoms with Crippen LogP contribution >= 0.6 is 0 Å². The predicted octanol–water partition coefficient (Wildman–Crippen LogP) is 2.56. The molecule has 2 aromatic carbocycles. The Kier molecular flexibility index (Phi) is 5.90. The molecule has 1 amide bonds. The molecule has 0 aromatic heterocycles. The molecule has 0 spiro atoms. The summed E-state index contributed by atoms with van der Waals surface area (Å²) in [6.07, 6.45) is 0. The maximum atomic E-state index is 12.6. The highest BCUT2D eigenvalue weighted by atomic mass is 16.5. The number of fused-ring (bicyclic) bond motifs is 1. The molecule has 0 radical (unpaired) electrons. The fraction of sp³-hybridized carbons (Fsp3) is 0.409. The summed E-state index contributed by atoms with van der Waals surface area (Å²) in [4.78, 5) is 16.8. The van der Waals surface area contributed by atoms with Crippen LogP contribution in [0.25, 0.3) is 11.1 Å². The van der Waals surface area contributed by atoms with Crippen LogP contribution < -0.4 is 9.64 Å². The highest BCUT2D eigenvalue weighted by molar-refractivity contribution is 5.96. The first-order chi connectivity index (χ1) is 13.8. The number of amides is 1. The minimum Gasteiger partial charge on any atom is -0.496 e. The highest BCUT2D eigenvalue weighted by Crippen LogP contribution is 2.34. The molecule has 0 unspecified atom stereocenters. The summed E-state index contributed by atoms with van der Waals surface area (Å²) in [5.41, 5.74) is 4.05. The molecule has 2 aromatic rings. The van der Waals surface area contributed by atoms with E-state index in [0.717, 1.165) is 61.0 Å². The number of methoxy groups -OCH3 is 1. The molecule has 6 nitrogen and oxygen atoms in total. The van der Waals surface area contributed by atoms with Crippen LogP contribution in [0.2, 0.25) is 0 Å². The van der Waals surface area contributed by atoms with Crippen molar-refractivity contribution in [1.82, 2.24) is 4.90 Å². The fourth-order valence-corrected chi connectivity index (χ4v) is 3.79. The summed E-state index contributed by atoms with van der Waals surface area (Å²) in [5.74, 6) is 0.842. The Morgan fingerprint density at radius 2 is 1.82 bits per heavy atom. The Balaban J connectivity index is 1.59. The number of nitrogens with zero attached hydrogens (tertiary/aromatic N) is 2. The quantitative estimate of drug-likeness (QED) is 0.796. The van der Waals surface area contributed by atoms with Crippen LogP contribution in [0, 0.1) is 0 Å². The lowest BCUT2D eigenvalue weighted by molar-refractivity contribution is -0.123. The van der Waals surface area contributed by atoms with E-state index in [1.54, 1.807) is 7.11 Å². The molecular formula is C22H26N2O4. The van der Waals surface area contributed by atoms with E-state index in [9.17, 15) is 4.79 Å². The van der Waals surface area contributed by atoms with Crippen LogP contribution in [-0.4, -0.2) is 63.9 Å². The van der Waals surface area contributed by atoms with E-state index in [0.29, 0.717) is 13.2 Å². The van der Waals surface area contributed by atoms with Gasteiger partial charge in [0.25, 0.3) is 5.91 Å². The molecule has 0 N–H and O–H groups in total. The second kappa shape index (κ2) is 8.73. The molecule has 2 aliphatic heterocycles. The summed E-state index contributed by atoms with van der Waals surface area (Å²) in [7, 11) is 1.68. The monoisotopic (exact) mass is 382 g/mol. The lowest BCUT2D eigenvalue weighted by Gasteiger charge is -2.30. The molecule has 2 heterocycles. The number of morpholine rings is 1. The topological polar surface area (TPSA) is 51.2 Å². The Bertz CT molecular complexity index is 833. The molecule has 0 saturated carbocycles. The van der Waals surface area contributed by atoms with Gasteiger partial charge in [0.15, 0.2) is 0 Å². The molecule has 2 aliphatic rings. The number of hydrogen-bond acceptors (Lipinski definition) is 5. The number of carbonyl (C=O) groups is 1. The minimum absolute atomic E-state index is 0.0112. The molecule has 148 valence electrons. The van der Waals surface area contributed by atoms with Gasteiger partial charge in [0, 0.05) is 43.0 Å². The average Bonchev–Trinajstić information content (AvgIpc) is 2.90. The number of para-hydroxylation sites is 1. The van der Waals surface area contributed by atoms with Crippen molar-refractivity contribution in [2.45, 2.75) is 6.61 Å². The second-order valence-corrected chi connectivity index (χ2v) is 7.04. The van der Waals surface area contributed by atoms with Gasteiger partial charge in [-0.05, 0) is 23.8 Å². The summed E-state index contributed by atoms with van der Waals surface area (Å²) >= 11 is 0. The third kappa shape index (κ3) is 4.04. The first-order valence-corrected chi connectivity index (χ1v) is 9.71. The Morgan fingerprint density at radius 3 is 2.64 bits per heavy atom. The lowest BCUT2D eigenvalue weighted by atomic mass is 10.0. The van der Waals surface area contributed by atoms with Gasteiger partial charge in [-0.15, -0.1) is 0 Å². The smallest absolute Gasteiger partial charge is 0.253 e. The van der Waals surface area contributed by atoms with E-state index in [-0.39, 0.29) is 12.5 Å². The van der Waals surface area contributed by atoms with Crippen molar-refractivity contribution in [2.24, 2.45) is 0 Å².